The third kappa shape index (κ3) is 3.48. The van der Waals surface area contributed by atoms with E-state index in [9.17, 15) is 5.26 Å². The van der Waals surface area contributed by atoms with Crippen LogP contribution in [0.4, 0.5) is 5.69 Å². The Morgan fingerprint density at radius 2 is 2.06 bits per heavy atom. The van der Waals surface area contributed by atoms with E-state index in [1.165, 1.54) is 0 Å². The van der Waals surface area contributed by atoms with Crippen LogP contribution in [0.1, 0.15) is 31.9 Å². The van der Waals surface area contributed by atoms with Crippen LogP contribution >= 0.6 is 0 Å². The Balaban J connectivity index is 3.06. The number of aryl methyl sites for hydroxylation is 1. The lowest BCUT2D eigenvalue weighted by Crippen LogP contribution is -2.39. The van der Waals surface area contributed by atoms with E-state index in [1.807, 2.05) is 25.1 Å². The van der Waals surface area contributed by atoms with Gasteiger partial charge >= 0.3 is 0 Å². The summed E-state index contributed by atoms with van der Waals surface area (Å²) in [6.07, 6.45) is 0. The minimum absolute atomic E-state index is 0.0492. The van der Waals surface area contributed by atoms with Crippen molar-refractivity contribution >= 4 is 5.69 Å². The lowest BCUT2D eigenvalue weighted by atomic mass is 9.92. The summed E-state index contributed by atoms with van der Waals surface area (Å²) in [5.74, 6) is 0. The number of nitrogens with two attached hydrogens (primary N) is 1. The molecule has 18 heavy (non-hydrogen) atoms. The molecule has 3 heteroatoms. The van der Waals surface area contributed by atoms with Gasteiger partial charge in [-0.25, -0.2) is 0 Å². The fourth-order valence-electron chi connectivity index (χ4n) is 1.96. The van der Waals surface area contributed by atoms with Gasteiger partial charge in [0, 0.05) is 13.1 Å². The molecule has 0 atom stereocenters. The molecule has 1 aromatic carbocycles. The van der Waals surface area contributed by atoms with Crippen molar-refractivity contribution in [3.63, 3.8) is 0 Å². The van der Waals surface area contributed by atoms with Gasteiger partial charge in [-0.1, -0.05) is 19.9 Å². The van der Waals surface area contributed by atoms with Crippen molar-refractivity contribution in [2.24, 2.45) is 11.1 Å². The van der Waals surface area contributed by atoms with Gasteiger partial charge < -0.3 is 10.6 Å². The second kappa shape index (κ2) is 5.88. The number of benzene rings is 1. The van der Waals surface area contributed by atoms with Gasteiger partial charge in [0.1, 0.15) is 6.07 Å². The molecule has 0 saturated carbocycles. The second-order valence-corrected chi connectivity index (χ2v) is 5.51. The molecule has 0 amide bonds. The highest BCUT2D eigenvalue weighted by Crippen LogP contribution is 2.25. The predicted molar refractivity (Wildman–Crippen MR) is 76.6 cm³/mol. The Morgan fingerprint density at radius 1 is 1.39 bits per heavy atom. The van der Waals surface area contributed by atoms with Crippen LogP contribution in [0.5, 0.6) is 0 Å². The highest BCUT2D eigenvalue weighted by Gasteiger charge is 2.21. The molecule has 0 aliphatic carbocycles. The summed E-state index contributed by atoms with van der Waals surface area (Å²) in [4.78, 5) is 2.23. The SMILES string of the molecule is CCN(CC(C)(C)CN)c1ccc(C)cc1C#N. The quantitative estimate of drug-likeness (QED) is 0.867. The van der Waals surface area contributed by atoms with Crippen LogP contribution in [0.25, 0.3) is 0 Å². The number of nitrogens with zero attached hydrogens (tertiary/aromatic N) is 2. The van der Waals surface area contributed by atoms with E-state index in [1.54, 1.807) is 0 Å². The Bertz CT molecular complexity index is 444. The molecule has 1 aromatic rings. The van der Waals surface area contributed by atoms with E-state index in [-0.39, 0.29) is 5.41 Å². The monoisotopic (exact) mass is 245 g/mol. The topological polar surface area (TPSA) is 53.0 Å². The molecule has 0 aromatic heterocycles. The maximum absolute atomic E-state index is 9.24. The van der Waals surface area contributed by atoms with Crippen LogP contribution < -0.4 is 10.6 Å². The van der Waals surface area contributed by atoms with Gasteiger partial charge in [-0.2, -0.15) is 5.26 Å². The van der Waals surface area contributed by atoms with Crippen molar-refractivity contribution in [2.45, 2.75) is 27.7 Å². The molecule has 0 aliphatic heterocycles. The molecule has 1 rings (SSSR count). The Kier molecular flexibility index (Phi) is 4.75. The number of hydrogen-bond acceptors (Lipinski definition) is 3. The summed E-state index contributed by atoms with van der Waals surface area (Å²) in [5.41, 5.74) is 8.70. The Morgan fingerprint density at radius 3 is 2.56 bits per heavy atom. The first-order chi connectivity index (χ1) is 8.43. The number of hydrogen-bond donors (Lipinski definition) is 1. The fourth-order valence-corrected chi connectivity index (χ4v) is 1.96. The van der Waals surface area contributed by atoms with E-state index in [4.69, 9.17) is 5.73 Å². The van der Waals surface area contributed by atoms with Crippen LogP contribution in [0.3, 0.4) is 0 Å². The van der Waals surface area contributed by atoms with E-state index in [0.29, 0.717) is 6.54 Å². The van der Waals surface area contributed by atoms with Crippen LogP contribution in [0, 0.1) is 23.7 Å². The summed E-state index contributed by atoms with van der Waals surface area (Å²) in [6, 6.07) is 8.30. The van der Waals surface area contributed by atoms with Gasteiger partial charge in [-0.15, -0.1) is 0 Å². The van der Waals surface area contributed by atoms with Gasteiger partial charge in [-0.05, 0) is 43.5 Å². The normalized spacial score (nSPS) is 11.1. The average Bonchev–Trinajstić information content (AvgIpc) is 2.36. The first kappa shape index (κ1) is 14.5. The van der Waals surface area contributed by atoms with Crippen LogP contribution in [-0.4, -0.2) is 19.6 Å². The zero-order valence-electron chi connectivity index (χ0n) is 11.8. The third-order valence-electron chi connectivity index (χ3n) is 3.17. The molecule has 0 aliphatic rings. The molecular weight excluding hydrogens is 222 g/mol. The summed E-state index contributed by atoms with van der Waals surface area (Å²) in [7, 11) is 0. The van der Waals surface area contributed by atoms with E-state index >= 15 is 0 Å². The van der Waals surface area contributed by atoms with Crippen molar-refractivity contribution in [1.82, 2.24) is 0 Å². The molecule has 0 heterocycles. The standard InChI is InChI=1S/C15H23N3/c1-5-18(11-15(3,4)10-17)14-7-6-12(2)8-13(14)9-16/h6-8H,5,10-11,17H2,1-4H3. The number of anilines is 1. The highest BCUT2D eigenvalue weighted by atomic mass is 15.1. The Hall–Kier alpha value is -1.53. The van der Waals surface area contributed by atoms with Gasteiger partial charge in [-0.3, -0.25) is 0 Å². The Labute approximate surface area is 110 Å². The highest BCUT2D eigenvalue weighted by molar-refractivity contribution is 5.60. The molecule has 0 fully saturated rings. The molecule has 0 unspecified atom stereocenters. The largest absolute Gasteiger partial charge is 0.370 e. The summed E-state index contributed by atoms with van der Waals surface area (Å²) < 4.78 is 0. The minimum atomic E-state index is 0.0492. The van der Waals surface area contributed by atoms with Gasteiger partial charge in [0.2, 0.25) is 0 Å². The van der Waals surface area contributed by atoms with E-state index in [0.717, 1.165) is 29.9 Å². The van der Waals surface area contributed by atoms with Crippen LogP contribution in [-0.2, 0) is 0 Å². The molecule has 0 bridgehead atoms. The molecule has 2 N–H and O–H groups in total. The second-order valence-electron chi connectivity index (χ2n) is 5.51. The summed E-state index contributed by atoms with van der Waals surface area (Å²) >= 11 is 0. The summed E-state index contributed by atoms with van der Waals surface area (Å²) in [5, 5.41) is 9.24. The maximum atomic E-state index is 9.24. The molecular formula is C15H23N3. The van der Waals surface area contributed by atoms with Gasteiger partial charge in [0.05, 0.1) is 11.3 Å². The number of rotatable bonds is 5. The van der Waals surface area contributed by atoms with Crippen molar-refractivity contribution < 1.29 is 0 Å². The van der Waals surface area contributed by atoms with Crippen molar-refractivity contribution in [1.29, 1.82) is 5.26 Å². The summed E-state index contributed by atoms with van der Waals surface area (Å²) in [6.45, 7) is 10.8. The van der Waals surface area contributed by atoms with Gasteiger partial charge in [0.25, 0.3) is 0 Å². The van der Waals surface area contributed by atoms with Crippen LogP contribution in [0.15, 0.2) is 18.2 Å². The molecule has 0 spiro atoms. The fraction of sp³-hybridized carbons (Fsp3) is 0.533. The molecule has 0 radical (unpaired) electrons. The third-order valence-corrected chi connectivity index (χ3v) is 3.17. The molecule has 98 valence electrons. The van der Waals surface area contributed by atoms with Crippen molar-refractivity contribution in [2.75, 3.05) is 24.5 Å². The van der Waals surface area contributed by atoms with E-state index < -0.39 is 0 Å². The van der Waals surface area contributed by atoms with Crippen LogP contribution in [0.2, 0.25) is 0 Å². The predicted octanol–water partition coefficient (Wildman–Crippen LogP) is 2.68. The zero-order valence-corrected chi connectivity index (χ0v) is 11.8. The zero-order chi connectivity index (χ0) is 13.8. The van der Waals surface area contributed by atoms with Crippen molar-refractivity contribution in [3.05, 3.63) is 29.3 Å². The minimum Gasteiger partial charge on any atom is -0.370 e. The molecule has 0 saturated heterocycles. The van der Waals surface area contributed by atoms with E-state index in [2.05, 4.69) is 31.7 Å². The lowest BCUT2D eigenvalue weighted by molar-refractivity contribution is 0.379. The lowest BCUT2D eigenvalue weighted by Gasteiger charge is -2.33. The first-order valence-corrected chi connectivity index (χ1v) is 6.39. The maximum Gasteiger partial charge on any atom is 0.101 e. The molecule has 3 nitrogen and oxygen atoms in total. The average molecular weight is 245 g/mol. The number of nitriles is 1. The smallest absolute Gasteiger partial charge is 0.101 e. The van der Waals surface area contributed by atoms with Crippen molar-refractivity contribution in [3.8, 4) is 6.07 Å². The van der Waals surface area contributed by atoms with Gasteiger partial charge in [0.15, 0.2) is 0 Å². The first-order valence-electron chi connectivity index (χ1n) is 6.39.